The molecule has 0 heterocycles. The van der Waals surface area contributed by atoms with Gasteiger partial charge in [-0.15, -0.1) is 0 Å². The Kier molecular flexibility index (Phi) is 27.2. The second-order valence-corrected chi connectivity index (χ2v) is 4.53. The lowest BCUT2D eigenvalue weighted by atomic mass is 10.3. The van der Waals surface area contributed by atoms with Crippen LogP contribution in [-0.4, -0.2) is 67.1 Å². The molecule has 21 heavy (non-hydrogen) atoms. The fourth-order valence-electron chi connectivity index (χ4n) is 1.20. The van der Waals surface area contributed by atoms with Gasteiger partial charge in [0.2, 0.25) is 0 Å². The maximum Gasteiger partial charge on any atom is 0.0701 e. The van der Waals surface area contributed by atoms with Gasteiger partial charge in [0.15, 0.2) is 0 Å². The van der Waals surface area contributed by atoms with Crippen LogP contribution in [0.4, 0.5) is 0 Å². The van der Waals surface area contributed by atoms with Gasteiger partial charge in [0.1, 0.15) is 0 Å². The molecule has 0 bridgehead atoms. The molecule has 0 fully saturated rings. The second-order valence-electron chi connectivity index (χ2n) is 4.53. The molecule has 130 valence electrons. The lowest BCUT2D eigenvalue weighted by Crippen LogP contribution is -2.10. The van der Waals surface area contributed by atoms with E-state index >= 15 is 0 Å². The van der Waals surface area contributed by atoms with Crippen molar-refractivity contribution in [3.05, 3.63) is 0 Å². The Bertz CT molecular complexity index is 140. The quantitative estimate of drug-likeness (QED) is 0.435. The average Bonchev–Trinajstić information content (AvgIpc) is 2.51. The van der Waals surface area contributed by atoms with Crippen molar-refractivity contribution in [2.45, 2.75) is 39.5 Å². The van der Waals surface area contributed by atoms with Gasteiger partial charge in [-0.05, 0) is 12.8 Å². The molecular formula is C16H36O5. The zero-order chi connectivity index (χ0) is 16.0. The highest BCUT2D eigenvalue weighted by Gasteiger charge is 1.89. The second kappa shape index (κ2) is 24.8. The van der Waals surface area contributed by atoms with Gasteiger partial charge < -0.3 is 23.7 Å². The smallest absolute Gasteiger partial charge is 0.0701 e. The Morgan fingerprint density at radius 2 is 0.810 bits per heavy atom. The Hall–Kier alpha value is -0.200. The molecule has 0 N–H and O–H groups in total. The number of hydrogen-bond acceptors (Lipinski definition) is 5. The van der Waals surface area contributed by atoms with E-state index in [1.165, 1.54) is 25.7 Å². The van der Waals surface area contributed by atoms with Crippen LogP contribution in [0.1, 0.15) is 39.5 Å². The number of ether oxygens (including phenoxy) is 5. The molecule has 0 spiro atoms. The predicted molar refractivity (Wildman–Crippen MR) is 86.0 cm³/mol. The molecule has 0 saturated carbocycles. The van der Waals surface area contributed by atoms with Crippen LogP contribution in [0.15, 0.2) is 0 Å². The highest BCUT2D eigenvalue weighted by Crippen LogP contribution is 1.91. The minimum atomic E-state index is 0.618. The summed E-state index contributed by atoms with van der Waals surface area (Å²) in [7, 11) is 3.30. The minimum absolute atomic E-state index is 0.618. The van der Waals surface area contributed by atoms with Gasteiger partial charge in [0.05, 0.1) is 39.6 Å². The first-order valence-electron chi connectivity index (χ1n) is 8.04. The molecule has 0 aromatic rings. The molecule has 5 heteroatoms. The molecule has 0 aromatic heterocycles. The molecule has 0 atom stereocenters. The number of unbranched alkanes of at least 4 members (excludes halogenated alkanes) is 2. The van der Waals surface area contributed by atoms with Crippen molar-refractivity contribution in [2.75, 3.05) is 67.1 Å². The fourth-order valence-corrected chi connectivity index (χ4v) is 1.20. The van der Waals surface area contributed by atoms with E-state index in [4.69, 9.17) is 23.7 Å². The molecule has 0 radical (unpaired) electrons. The van der Waals surface area contributed by atoms with Gasteiger partial charge >= 0.3 is 0 Å². The summed E-state index contributed by atoms with van der Waals surface area (Å²) in [6.07, 6.45) is 4.91. The molecule has 0 aromatic carbocycles. The third kappa shape index (κ3) is 28.6. The van der Waals surface area contributed by atoms with E-state index < -0.39 is 0 Å². The summed E-state index contributed by atoms with van der Waals surface area (Å²) in [5, 5.41) is 0. The van der Waals surface area contributed by atoms with Gasteiger partial charge in [-0.25, -0.2) is 0 Å². The zero-order valence-electron chi connectivity index (χ0n) is 14.5. The zero-order valence-corrected chi connectivity index (χ0v) is 14.5. The minimum Gasteiger partial charge on any atom is -0.382 e. The third-order valence-electron chi connectivity index (χ3n) is 2.52. The van der Waals surface area contributed by atoms with Gasteiger partial charge in [0, 0.05) is 27.4 Å². The molecule has 0 aliphatic rings. The molecular weight excluding hydrogens is 272 g/mol. The van der Waals surface area contributed by atoms with Crippen molar-refractivity contribution in [2.24, 2.45) is 0 Å². The van der Waals surface area contributed by atoms with Crippen molar-refractivity contribution in [1.82, 2.24) is 0 Å². The van der Waals surface area contributed by atoms with E-state index in [1.807, 2.05) is 0 Å². The van der Waals surface area contributed by atoms with Gasteiger partial charge in [0.25, 0.3) is 0 Å². The molecule has 0 saturated heterocycles. The Labute approximate surface area is 131 Å². The maximum atomic E-state index is 5.31. The average molecular weight is 308 g/mol. The summed E-state index contributed by atoms with van der Waals surface area (Å²) in [6, 6.07) is 0. The molecule has 0 rings (SSSR count). The van der Waals surface area contributed by atoms with Crippen molar-refractivity contribution >= 4 is 0 Å². The standard InChI is InChI=1S/C8H18O4.C8H18O/c1-9-3-5-11-7-8-12-6-4-10-2;1-3-5-7-9-8-6-4-2/h3-8H2,1-2H3;3-8H2,1-2H3. The van der Waals surface area contributed by atoms with Crippen LogP contribution >= 0.6 is 0 Å². The van der Waals surface area contributed by atoms with E-state index in [0.29, 0.717) is 39.6 Å². The van der Waals surface area contributed by atoms with Crippen LogP contribution in [0, 0.1) is 0 Å². The first kappa shape index (κ1) is 23.1. The third-order valence-corrected chi connectivity index (χ3v) is 2.52. The van der Waals surface area contributed by atoms with E-state index in [0.717, 1.165) is 13.2 Å². The van der Waals surface area contributed by atoms with E-state index in [2.05, 4.69) is 13.8 Å². The van der Waals surface area contributed by atoms with E-state index in [-0.39, 0.29) is 0 Å². The molecule has 5 nitrogen and oxygen atoms in total. The normalized spacial score (nSPS) is 10.3. The molecule has 0 aliphatic heterocycles. The van der Waals surface area contributed by atoms with Crippen LogP contribution in [-0.2, 0) is 23.7 Å². The SMILES string of the molecule is CCCCOCCCC.COCCOCCOCCOC. The summed E-state index contributed by atoms with van der Waals surface area (Å²) in [6.45, 7) is 10.0. The first-order chi connectivity index (χ1) is 10.3. The number of rotatable bonds is 15. The fraction of sp³-hybridized carbons (Fsp3) is 1.00. The number of methoxy groups -OCH3 is 2. The van der Waals surface area contributed by atoms with E-state index in [1.54, 1.807) is 14.2 Å². The summed E-state index contributed by atoms with van der Waals surface area (Å²) in [4.78, 5) is 0. The Morgan fingerprint density at radius 1 is 0.476 bits per heavy atom. The molecule has 0 amide bonds. The van der Waals surface area contributed by atoms with Crippen molar-refractivity contribution in [1.29, 1.82) is 0 Å². The summed E-state index contributed by atoms with van der Waals surface area (Å²) >= 11 is 0. The number of hydrogen-bond donors (Lipinski definition) is 0. The van der Waals surface area contributed by atoms with Crippen molar-refractivity contribution in [3.63, 3.8) is 0 Å². The van der Waals surface area contributed by atoms with Gasteiger partial charge in [-0.1, -0.05) is 26.7 Å². The van der Waals surface area contributed by atoms with Gasteiger partial charge in [-0.2, -0.15) is 0 Å². The van der Waals surface area contributed by atoms with Crippen LogP contribution in [0.5, 0.6) is 0 Å². The summed E-state index contributed by atoms with van der Waals surface area (Å²) < 4.78 is 25.2. The summed E-state index contributed by atoms with van der Waals surface area (Å²) in [5.74, 6) is 0. The van der Waals surface area contributed by atoms with Gasteiger partial charge in [-0.3, -0.25) is 0 Å². The lowest BCUT2D eigenvalue weighted by Gasteiger charge is -2.04. The monoisotopic (exact) mass is 308 g/mol. The predicted octanol–water partition coefficient (Wildman–Crippen LogP) is 2.92. The highest BCUT2D eigenvalue weighted by molar-refractivity contribution is 4.34. The topological polar surface area (TPSA) is 46.2 Å². The maximum absolute atomic E-state index is 5.31. The molecule has 0 aliphatic carbocycles. The van der Waals surface area contributed by atoms with Crippen LogP contribution < -0.4 is 0 Å². The van der Waals surface area contributed by atoms with Crippen molar-refractivity contribution < 1.29 is 23.7 Å². The molecule has 0 unspecified atom stereocenters. The van der Waals surface area contributed by atoms with E-state index in [9.17, 15) is 0 Å². The summed E-state index contributed by atoms with van der Waals surface area (Å²) in [5.41, 5.74) is 0. The highest BCUT2D eigenvalue weighted by atomic mass is 16.5. The van der Waals surface area contributed by atoms with Crippen LogP contribution in [0.3, 0.4) is 0 Å². The first-order valence-corrected chi connectivity index (χ1v) is 8.04. The van der Waals surface area contributed by atoms with Crippen molar-refractivity contribution in [3.8, 4) is 0 Å². The van der Waals surface area contributed by atoms with Crippen LogP contribution in [0.2, 0.25) is 0 Å². The Balaban J connectivity index is 0. The lowest BCUT2D eigenvalue weighted by molar-refractivity contribution is 0.0106. The largest absolute Gasteiger partial charge is 0.382 e. The Morgan fingerprint density at radius 3 is 1.14 bits per heavy atom. The van der Waals surface area contributed by atoms with Crippen LogP contribution in [0.25, 0.3) is 0 Å².